The molecule has 2 amide bonds. The van der Waals surface area contributed by atoms with Crippen molar-refractivity contribution in [2.24, 2.45) is 0 Å². The summed E-state index contributed by atoms with van der Waals surface area (Å²) >= 11 is 0. The summed E-state index contributed by atoms with van der Waals surface area (Å²) in [5.74, 6) is -1.56. The summed E-state index contributed by atoms with van der Waals surface area (Å²) in [5.41, 5.74) is -2.91. The van der Waals surface area contributed by atoms with Crippen molar-refractivity contribution in [3.8, 4) is 0 Å². The van der Waals surface area contributed by atoms with Gasteiger partial charge in [-0.25, -0.2) is 9.59 Å². The average molecular weight is 479 g/mol. The molecule has 8 nitrogen and oxygen atoms in total. The SMILES string of the molecule is CCCCCC(=O)N[C@](CCCc1ccccc1)(C[C@](C)(O)CNC(=O)OC(C)(C)C)C(=O)O. The molecule has 1 aromatic carbocycles. The van der Waals surface area contributed by atoms with Crippen LogP contribution in [0.15, 0.2) is 30.3 Å². The molecule has 0 spiro atoms. The lowest BCUT2D eigenvalue weighted by Gasteiger charge is -2.37. The normalized spacial score (nSPS) is 15.0. The van der Waals surface area contributed by atoms with E-state index in [0.29, 0.717) is 19.3 Å². The lowest BCUT2D eigenvalue weighted by Crippen LogP contribution is -2.59. The van der Waals surface area contributed by atoms with Crippen molar-refractivity contribution in [3.63, 3.8) is 0 Å². The number of hydrogen-bond acceptors (Lipinski definition) is 5. The Kier molecular flexibility index (Phi) is 11.5. The minimum Gasteiger partial charge on any atom is -0.480 e. The summed E-state index contributed by atoms with van der Waals surface area (Å²) < 4.78 is 5.20. The van der Waals surface area contributed by atoms with Gasteiger partial charge in [-0.15, -0.1) is 0 Å². The van der Waals surface area contributed by atoms with Gasteiger partial charge in [-0.05, 0) is 58.9 Å². The molecule has 1 rings (SSSR count). The number of hydrogen-bond donors (Lipinski definition) is 4. The number of amides is 2. The van der Waals surface area contributed by atoms with E-state index in [1.165, 1.54) is 6.92 Å². The number of carbonyl (C=O) groups excluding carboxylic acids is 2. The molecule has 192 valence electrons. The molecule has 34 heavy (non-hydrogen) atoms. The van der Waals surface area contributed by atoms with Crippen molar-refractivity contribution < 1.29 is 29.3 Å². The Hall–Kier alpha value is -2.61. The predicted octanol–water partition coefficient (Wildman–Crippen LogP) is 4.20. The van der Waals surface area contributed by atoms with Gasteiger partial charge in [-0.2, -0.15) is 0 Å². The molecule has 0 aliphatic rings. The lowest BCUT2D eigenvalue weighted by atomic mass is 9.80. The molecule has 2 atom stereocenters. The Morgan fingerprint density at radius 3 is 2.21 bits per heavy atom. The van der Waals surface area contributed by atoms with Crippen molar-refractivity contribution in [2.45, 2.75) is 103 Å². The highest BCUT2D eigenvalue weighted by Gasteiger charge is 2.45. The standard InChI is InChI=1S/C26H42N2O6/c1-6-7-9-16-21(29)28-26(22(30)31,17-12-15-20-13-10-8-11-14-20)18-25(5,33)19-27-23(32)34-24(2,3)4/h8,10-11,13-14,33H,6-7,9,12,15-19H2,1-5H3,(H,27,32)(H,28,29)(H,30,31)/t25-,26+/m0/s1. The second-order valence-electron chi connectivity index (χ2n) is 10.3. The van der Waals surface area contributed by atoms with E-state index in [2.05, 4.69) is 10.6 Å². The van der Waals surface area contributed by atoms with Crippen molar-refractivity contribution in [1.29, 1.82) is 0 Å². The maximum atomic E-state index is 12.6. The monoisotopic (exact) mass is 478 g/mol. The highest BCUT2D eigenvalue weighted by atomic mass is 16.6. The number of rotatable bonds is 14. The first kappa shape index (κ1) is 29.4. The van der Waals surface area contributed by atoms with Gasteiger partial charge in [0, 0.05) is 19.4 Å². The molecule has 1 aromatic rings. The van der Waals surface area contributed by atoms with Crippen LogP contribution in [0.3, 0.4) is 0 Å². The van der Waals surface area contributed by atoms with Crippen LogP contribution in [0.4, 0.5) is 4.79 Å². The fourth-order valence-corrected chi connectivity index (χ4v) is 3.82. The third-order valence-corrected chi connectivity index (χ3v) is 5.40. The fourth-order valence-electron chi connectivity index (χ4n) is 3.82. The van der Waals surface area contributed by atoms with Gasteiger partial charge in [0.1, 0.15) is 11.1 Å². The van der Waals surface area contributed by atoms with Crippen LogP contribution in [0.1, 0.15) is 85.1 Å². The minimum absolute atomic E-state index is 0.138. The average Bonchev–Trinajstić information content (AvgIpc) is 2.71. The van der Waals surface area contributed by atoms with E-state index >= 15 is 0 Å². The molecule has 0 unspecified atom stereocenters. The zero-order chi connectivity index (χ0) is 25.8. The Labute approximate surface area is 203 Å². The zero-order valence-electron chi connectivity index (χ0n) is 21.3. The number of carboxylic acids is 1. The number of unbranched alkanes of at least 4 members (excludes halogenated alkanes) is 2. The highest BCUT2D eigenvalue weighted by molar-refractivity contribution is 5.87. The number of aliphatic hydroxyl groups is 1. The molecule has 4 N–H and O–H groups in total. The van der Waals surface area contributed by atoms with Gasteiger partial charge in [0.25, 0.3) is 0 Å². The smallest absolute Gasteiger partial charge is 0.407 e. The van der Waals surface area contributed by atoms with Gasteiger partial charge in [-0.1, -0.05) is 50.1 Å². The summed E-state index contributed by atoms with van der Waals surface area (Å²) in [6.07, 6.45) is 3.01. The molecule has 0 bridgehead atoms. The Morgan fingerprint density at radius 1 is 1.00 bits per heavy atom. The number of nitrogens with one attached hydrogen (secondary N) is 2. The summed E-state index contributed by atoms with van der Waals surface area (Å²) in [6.45, 7) is 8.42. The Balaban J connectivity index is 2.98. The second-order valence-corrected chi connectivity index (χ2v) is 10.3. The van der Waals surface area contributed by atoms with E-state index in [4.69, 9.17) is 4.74 Å². The van der Waals surface area contributed by atoms with E-state index < -0.39 is 28.8 Å². The molecule has 0 heterocycles. The Bertz CT molecular complexity index is 788. The fraction of sp³-hybridized carbons (Fsp3) is 0.654. The molecular formula is C26H42N2O6. The maximum Gasteiger partial charge on any atom is 0.407 e. The molecule has 0 radical (unpaired) electrons. The first-order valence-corrected chi connectivity index (χ1v) is 12.1. The summed E-state index contributed by atoms with van der Waals surface area (Å²) in [7, 11) is 0. The zero-order valence-corrected chi connectivity index (χ0v) is 21.3. The van der Waals surface area contributed by atoms with Gasteiger partial charge in [-0.3, -0.25) is 4.79 Å². The quantitative estimate of drug-likeness (QED) is 0.297. The predicted molar refractivity (Wildman–Crippen MR) is 132 cm³/mol. The Morgan fingerprint density at radius 2 is 1.65 bits per heavy atom. The van der Waals surface area contributed by atoms with E-state index in [0.717, 1.165) is 18.4 Å². The van der Waals surface area contributed by atoms with Crippen LogP contribution >= 0.6 is 0 Å². The number of carbonyl (C=O) groups is 3. The third-order valence-electron chi connectivity index (χ3n) is 5.40. The molecular weight excluding hydrogens is 436 g/mol. The highest BCUT2D eigenvalue weighted by Crippen LogP contribution is 2.27. The van der Waals surface area contributed by atoms with Crippen molar-refractivity contribution >= 4 is 18.0 Å². The molecule has 0 aliphatic carbocycles. The number of carboxylic acid groups (broad SMARTS) is 1. The summed E-state index contributed by atoms with van der Waals surface area (Å²) in [6, 6.07) is 9.68. The third kappa shape index (κ3) is 11.5. The van der Waals surface area contributed by atoms with Crippen molar-refractivity contribution in [2.75, 3.05) is 6.54 Å². The largest absolute Gasteiger partial charge is 0.480 e. The van der Waals surface area contributed by atoms with Gasteiger partial charge in [0.05, 0.1) is 5.60 Å². The van der Waals surface area contributed by atoms with E-state index in [1.54, 1.807) is 20.8 Å². The van der Waals surface area contributed by atoms with Gasteiger partial charge >= 0.3 is 12.1 Å². The van der Waals surface area contributed by atoms with Crippen LogP contribution in [0.2, 0.25) is 0 Å². The van der Waals surface area contributed by atoms with E-state index in [9.17, 15) is 24.6 Å². The summed E-state index contributed by atoms with van der Waals surface area (Å²) in [5, 5.41) is 26.4. The first-order valence-electron chi connectivity index (χ1n) is 12.1. The second kappa shape index (κ2) is 13.3. The van der Waals surface area contributed by atoms with Crippen LogP contribution < -0.4 is 10.6 Å². The van der Waals surface area contributed by atoms with E-state index in [1.807, 2.05) is 37.3 Å². The van der Waals surface area contributed by atoms with Crippen molar-refractivity contribution in [3.05, 3.63) is 35.9 Å². The van der Waals surface area contributed by atoms with Crippen LogP contribution in [0.25, 0.3) is 0 Å². The van der Waals surface area contributed by atoms with Gasteiger partial charge in [0.15, 0.2) is 0 Å². The number of alkyl carbamates (subject to hydrolysis) is 1. The molecule has 0 aromatic heterocycles. The van der Waals surface area contributed by atoms with E-state index in [-0.39, 0.29) is 31.7 Å². The van der Waals surface area contributed by atoms with Gasteiger partial charge in [0.2, 0.25) is 5.91 Å². The number of aryl methyl sites for hydroxylation is 1. The molecule has 0 saturated heterocycles. The van der Waals surface area contributed by atoms with Crippen LogP contribution in [0, 0.1) is 0 Å². The number of aliphatic carboxylic acids is 1. The molecule has 8 heteroatoms. The molecule has 0 aliphatic heterocycles. The van der Waals surface area contributed by atoms with Crippen LogP contribution in [0.5, 0.6) is 0 Å². The maximum absolute atomic E-state index is 12.6. The first-order chi connectivity index (χ1) is 15.8. The molecule has 0 saturated carbocycles. The minimum atomic E-state index is -1.67. The van der Waals surface area contributed by atoms with Crippen LogP contribution in [-0.2, 0) is 20.7 Å². The van der Waals surface area contributed by atoms with Crippen molar-refractivity contribution in [1.82, 2.24) is 10.6 Å². The summed E-state index contributed by atoms with van der Waals surface area (Å²) in [4.78, 5) is 37.2. The topological polar surface area (TPSA) is 125 Å². The lowest BCUT2D eigenvalue weighted by molar-refractivity contribution is -0.151. The number of benzene rings is 1. The number of ether oxygens (including phenoxy) is 1. The van der Waals surface area contributed by atoms with Crippen LogP contribution in [-0.4, -0.2) is 51.5 Å². The van der Waals surface area contributed by atoms with Gasteiger partial charge < -0.3 is 25.6 Å². The molecule has 0 fully saturated rings.